The summed E-state index contributed by atoms with van der Waals surface area (Å²) < 4.78 is 0. The number of amides is 4. The fraction of sp³-hybridized carbons (Fsp3) is 0.647. The van der Waals surface area contributed by atoms with E-state index >= 15 is 0 Å². The van der Waals surface area contributed by atoms with Crippen molar-refractivity contribution in [2.24, 2.45) is 0 Å². The average molecular weight is 723 g/mol. The predicted octanol–water partition coefficient (Wildman–Crippen LogP) is 2.35. The minimum Gasteiger partial charge on any atom is -0.481 e. The number of carbonyl (C=O) groups excluding carboxylic acids is 3. The Morgan fingerprint density at radius 1 is 0.647 bits per heavy atom. The quantitative estimate of drug-likeness (QED) is 0.0538. The third kappa shape index (κ3) is 19.8. The SMILES string of the molecule is CC(NCCCCCCNC(=O)CCCCCCC(=O)NCCCCC(NC(=O)NC(CCC(=O)O)C(=O)O)C(=O)O)(C(=O)O)c1ccccn1. The smallest absolute Gasteiger partial charge is 0.329 e. The molecule has 0 aliphatic heterocycles. The molecule has 51 heavy (non-hydrogen) atoms. The summed E-state index contributed by atoms with van der Waals surface area (Å²) in [5.41, 5.74) is -0.797. The van der Waals surface area contributed by atoms with Crippen molar-refractivity contribution in [3.8, 4) is 0 Å². The first-order valence-corrected chi connectivity index (χ1v) is 17.4. The minimum atomic E-state index is -1.48. The number of nitrogens with zero attached hydrogens (tertiary/aromatic N) is 1. The molecule has 4 amide bonds. The van der Waals surface area contributed by atoms with Gasteiger partial charge in [0.25, 0.3) is 0 Å². The number of rotatable bonds is 29. The van der Waals surface area contributed by atoms with Crippen molar-refractivity contribution >= 4 is 41.7 Å². The lowest BCUT2D eigenvalue weighted by atomic mass is 9.97. The van der Waals surface area contributed by atoms with Crippen LogP contribution in [0.25, 0.3) is 0 Å². The monoisotopic (exact) mass is 722 g/mol. The zero-order valence-electron chi connectivity index (χ0n) is 29.3. The standard InChI is InChI=1S/C34H54N6O11/c1-34(32(49)50,26-15-9-13-20-35-26)38-23-11-5-4-10-21-36-27(41)16-6-2-3-7-17-28(42)37-22-12-8-14-24(30(45)46)39-33(51)40-25(31(47)48)18-19-29(43)44/h9,13,15,20,24-25,38H,2-8,10-12,14,16-19,21-23H2,1H3,(H,36,41)(H,37,42)(H,43,44)(H,45,46)(H,47,48)(H,49,50)(H2,39,40,51). The van der Waals surface area contributed by atoms with E-state index in [1.54, 1.807) is 31.3 Å². The number of nitrogens with one attached hydrogen (secondary N) is 5. The van der Waals surface area contributed by atoms with E-state index < -0.39 is 54.0 Å². The van der Waals surface area contributed by atoms with Gasteiger partial charge in [0.15, 0.2) is 5.54 Å². The number of aromatic nitrogens is 1. The van der Waals surface area contributed by atoms with Gasteiger partial charge in [-0.2, -0.15) is 0 Å². The molecule has 0 aliphatic carbocycles. The van der Waals surface area contributed by atoms with Crippen molar-refractivity contribution in [1.82, 2.24) is 31.6 Å². The number of hydrogen-bond donors (Lipinski definition) is 9. The van der Waals surface area contributed by atoms with Gasteiger partial charge in [-0.05, 0) is 77.0 Å². The van der Waals surface area contributed by atoms with E-state index in [0.29, 0.717) is 63.9 Å². The largest absolute Gasteiger partial charge is 0.481 e. The first-order chi connectivity index (χ1) is 24.3. The van der Waals surface area contributed by atoms with Gasteiger partial charge >= 0.3 is 29.9 Å². The Labute approximate surface area is 297 Å². The van der Waals surface area contributed by atoms with Crippen LogP contribution in [0.5, 0.6) is 0 Å². The normalized spacial score (nSPS) is 13.2. The van der Waals surface area contributed by atoms with Gasteiger partial charge in [0.2, 0.25) is 11.8 Å². The van der Waals surface area contributed by atoms with Gasteiger partial charge in [0, 0.05) is 38.5 Å². The molecule has 1 heterocycles. The third-order valence-electron chi connectivity index (χ3n) is 8.16. The van der Waals surface area contributed by atoms with Gasteiger partial charge in [-0.3, -0.25) is 24.7 Å². The van der Waals surface area contributed by atoms with Crippen LogP contribution >= 0.6 is 0 Å². The molecule has 9 N–H and O–H groups in total. The molecule has 0 radical (unpaired) electrons. The van der Waals surface area contributed by atoms with Crippen LogP contribution in [-0.4, -0.2) is 98.9 Å². The molecule has 0 bridgehead atoms. The summed E-state index contributed by atoms with van der Waals surface area (Å²) in [6.07, 6.45) is 8.75. The number of aliphatic carboxylic acids is 4. The predicted molar refractivity (Wildman–Crippen MR) is 185 cm³/mol. The Kier molecular flexibility index (Phi) is 21.8. The molecule has 1 rings (SSSR count). The molecule has 1 aromatic heterocycles. The van der Waals surface area contributed by atoms with Crippen LogP contribution in [0, 0.1) is 0 Å². The van der Waals surface area contributed by atoms with Crippen LogP contribution in [0.4, 0.5) is 4.79 Å². The molecular weight excluding hydrogens is 668 g/mol. The molecule has 0 saturated heterocycles. The first kappa shape index (κ1) is 44.2. The first-order valence-electron chi connectivity index (χ1n) is 17.4. The molecule has 17 heteroatoms. The van der Waals surface area contributed by atoms with Crippen LogP contribution in [0.2, 0.25) is 0 Å². The van der Waals surface area contributed by atoms with Crippen molar-refractivity contribution in [3.05, 3.63) is 30.1 Å². The summed E-state index contributed by atoms with van der Waals surface area (Å²) in [4.78, 5) is 85.6. The Morgan fingerprint density at radius 2 is 1.16 bits per heavy atom. The molecule has 1 aromatic rings. The molecular formula is C34H54N6O11. The topological polar surface area (TPSA) is 273 Å². The van der Waals surface area contributed by atoms with E-state index in [1.165, 1.54) is 0 Å². The Morgan fingerprint density at radius 3 is 1.65 bits per heavy atom. The van der Waals surface area contributed by atoms with Gasteiger partial charge in [0.1, 0.15) is 12.1 Å². The highest BCUT2D eigenvalue weighted by Gasteiger charge is 2.35. The van der Waals surface area contributed by atoms with Gasteiger partial charge < -0.3 is 41.7 Å². The highest BCUT2D eigenvalue weighted by molar-refractivity contribution is 5.86. The maximum Gasteiger partial charge on any atom is 0.329 e. The lowest BCUT2D eigenvalue weighted by Crippen LogP contribution is -2.51. The summed E-state index contributed by atoms with van der Waals surface area (Å²) >= 11 is 0. The number of hydrogen-bond acceptors (Lipinski definition) is 9. The maximum absolute atomic E-state index is 12.1. The zero-order valence-corrected chi connectivity index (χ0v) is 29.3. The molecule has 0 aromatic carbocycles. The second-order valence-electron chi connectivity index (χ2n) is 12.4. The third-order valence-corrected chi connectivity index (χ3v) is 8.16. The fourth-order valence-electron chi connectivity index (χ4n) is 5.05. The van der Waals surface area contributed by atoms with Crippen molar-refractivity contribution in [2.45, 2.75) is 121 Å². The highest BCUT2D eigenvalue weighted by atomic mass is 16.4. The van der Waals surface area contributed by atoms with E-state index in [-0.39, 0.29) is 24.7 Å². The molecule has 17 nitrogen and oxygen atoms in total. The van der Waals surface area contributed by atoms with E-state index in [4.69, 9.17) is 10.2 Å². The molecule has 0 fully saturated rings. The van der Waals surface area contributed by atoms with Gasteiger partial charge in [-0.25, -0.2) is 19.2 Å². The van der Waals surface area contributed by atoms with Crippen LogP contribution in [0.3, 0.4) is 0 Å². The van der Waals surface area contributed by atoms with Crippen LogP contribution in [0.15, 0.2) is 24.4 Å². The van der Waals surface area contributed by atoms with Gasteiger partial charge in [-0.1, -0.05) is 31.7 Å². The van der Waals surface area contributed by atoms with E-state index in [1.807, 2.05) is 0 Å². The molecule has 286 valence electrons. The number of pyridine rings is 1. The van der Waals surface area contributed by atoms with Crippen molar-refractivity contribution < 1.29 is 54.0 Å². The van der Waals surface area contributed by atoms with Crippen LogP contribution < -0.4 is 26.6 Å². The second kappa shape index (κ2) is 25.2. The number of unbranched alkanes of at least 4 members (excludes halogenated alkanes) is 7. The van der Waals surface area contributed by atoms with Crippen LogP contribution in [-0.2, 0) is 34.3 Å². The number of urea groups is 1. The molecule has 0 aliphatic rings. The summed E-state index contributed by atoms with van der Waals surface area (Å²) in [5, 5.41) is 49.9. The lowest BCUT2D eigenvalue weighted by molar-refractivity contribution is -0.145. The molecule has 0 saturated carbocycles. The summed E-state index contributed by atoms with van der Waals surface area (Å²) in [5.74, 6) is -5.12. The second-order valence-corrected chi connectivity index (χ2v) is 12.4. The summed E-state index contributed by atoms with van der Waals surface area (Å²) in [6, 6.07) is 1.37. The summed E-state index contributed by atoms with van der Waals surface area (Å²) in [7, 11) is 0. The molecule has 3 unspecified atom stereocenters. The van der Waals surface area contributed by atoms with Crippen molar-refractivity contribution in [1.29, 1.82) is 0 Å². The van der Waals surface area contributed by atoms with Gasteiger partial charge in [0.05, 0.1) is 5.69 Å². The lowest BCUT2D eigenvalue weighted by Gasteiger charge is -2.25. The number of carboxylic acid groups (broad SMARTS) is 4. The van der Waals surface area contributed by atoms with E-state index in [2.05, 4.69) is 31.6 Å². The molecule has 3 atom stereocenters. The van der Waals surface area contributed by atoms with E-state index in [0.717, 1.165) is 38.5 Å². The number of carboxylic acids is 4. The van der Waals surface area contributed by atoms with Crippen LogP contribution in [0.1, 0.15) is 109 Å². The summed E-state index contributed by atoms with van der Waals surface area (Å²) in [6.45, 7) is 3.04. The zero-order chi connectivity index (χ0) is 38.1. The Bertz CT molecular complexity index is 1270. The Hall–Kier alpha value is -4.80. The van der Waals surface area contributed by atoms with E-state index in [9.17, 15) is 43.8 Å². The Balaban J connectivity index is 2.06. The fourth-order valence-corrected chi connectivity index (χ4v) is 5.05. The van der Waals surface area contributed by atoms with Crippen molar-refractivity contribution in [3.63, 3.8) is 0 Å². The minimum absolute atomic E-state index is 0.0110. The molecule has 0 spiro atoms. The number of carbonyl (C=O) groups is 7. The maximum atomic E-state index is 12.1. The van der Waals surface area contributed by atoms with Gasteiger partial charge in [-0.15, -0.1) is 0 Å². The highest BCUT2D eigenvalue weighted by Crippen LogP contribution is 2.19. The van der Waals surface area contributed by atoms with Crippen molar-refractivity contribution in [2.75, 3.05) is 19.6 Å². The average Bonchev–Trinajstić information content (AvgIpc) is 3.08.